The van der Waals surface area contributed by atoms with E-state index in [1.807, 2.05) is 16.7 Å². The molecular formula is C8H8N3O. The van der Waals surface area contributed by atoms with Gasteiger partial charge in [-0.25, -0.2) is 15.1 Å². The van der Waals surface area contributed by atoms with Gasteiger partial charge in [-0.15, -0.1) is 0 Å². The minimum Gasteiger partial charge on any atom is -0.327 e. The lowest BCUT2D eigenvalue weighted by Gasteiger charge is -1.97. The van der Waals surface area contributed by atoms with Gasteiger partial charge < -0.3 is 4.57 Å². The van der Waals surface area contributed by atoms with Crippen molar-refractivity contribution in [3.8, 4) is 0 Å². The molecule has 0 N–H and O–H groups in total. The summed E-state index contributed by atoms with van der Waals surface area (Å²) in [7, 11) is 0. The first-order valence-corrected chi connectivity index (χ1v) is 3.76. The van der Waals surface area contributed by atoms with Crippen molar-refractivity contribution in [2.75, 3.05) is 6.61 Å². The van der Waals surface area contributed by atoms with Gasteiger partial charge in [0.1, 0.15) is 6.61 Å². The van der Waals surface area contributed by atoms with Gasteiger partial charge in [-0.05, 0) is 12.1 Å². The van der Waals surface area contributed by atoms with Crippen LogP contribution in [-0.2, 0) is 11.7 Å². The van der Waals surface area contributed by atoms with Gasteiger partial charge in [-0.2, -0.15) is 0 Å². The van der Waals surface area contributed by atoms with Gasteiger partial charge >= 0.3 is 0 Å². The van der Waals surface area contributed by atoms with Crippen LogP contribution in [0, 0.1) is 0 Å². The van der Waals surface area contributed by atoms with Crippen LogP contribution in [-0.4, -0.2) is 21.1 Å². The molecular weight excluding hydrogens is 154 g/mol. The van der Waals surface area contributed by atoms with Gasteiger partial charge in [0.05, 0.1) is 18.4 Å². The molecule has 0 aliphatic heterocycles. The van der Waals surface area contributed by atoms with Gasteiger partial charge in [0.15, 0.2) is 5.65 Å². The van der Waals surface area contributed by atoms with Crippen LogP contribution < -0.4 is 0 Å². The van der Waals surface area contributed by atoms with E-state index in [9.17, 15) is 5.11 Å². The summed E-state index contributed by atoms with van der Waals surface area (Å²) in [4.78, 5) is 8.10. The molecule has 1 radical (unpaired) electrons. The summed E-state index contributed by atoms with van der Waals surface area (Å²) in [6.07, 6.45) is 3.34. The number of imidazole rings is 1. The third-order valence-corrected chi connectivity index (χ3v) is 1.73. The van der Waals surface area contributed by atoms with Crippen molar-refractivity contribution in [2.45, 2.75) is 6.54 Å². The minimum absolute atomic E-state index is 0.125. The van der Waals surface area contributed by atoms with Crippen LogP contribution in [0.25, 0.3) is 11.2 Å². The van der Waals surface area contributed by atoms with Crippen LogP contribution in [0.5, 0.6) is 0 Å². The summed E-state index contributed by atoms with van der Waals surface area (Å²) in [6, 6.07) is 3.75. The number of rotatable bonds is 2. The molecule has 2 aromatic heterocycles. The highest BCUT2D eigenvalue weighted by Gasteiger charge is 2.00. The highest BCUT2D eigenvalue weighted by Crippen LogP contribution is 2.07. The van der Waals surface area contributed by atoms with Crippen LogP contribution in [0.2, 0.25) is 0 Å². The maximum atomic E-state index is 10.4. The Kier molecular flexibility index (Phi) is 1.75. The standard InChI is InChI=1S/C8H8N3O/c12-5-4-11-6-10-8-7(11)2-1-3-9-8/h1-3,6H,4-5H2. The molecule has 0 bridgehead atoms. The second kappa shape index (κ2) is 2.91. The Morgan fingerprint density at radius 3 is 3.17 bits per heavy atom. The second-order valence-electron chi connectivity index (χ2n) is 2.49. The molecule has 0 aliphatic rings. The zero-order valence-corrected chi connectivity index (χ0v) is 6.47. The SMILES string of the molecule is [O]CCn1cnc2ncccc21. The third kappa shape index (κ3) is 1.06. The van der Waals surface area contributed by atoms with Crippen LogP contribution in [0.4, 0.5) is 0 Å². The molecule has 0 aromatic carbocycles. The van der Waals surface area contributed by atoms with Crippen molar-refractivity contribution in [1.82, 2.24) is 14.5 Å². The summed E-state index contributed by atoms with van der Waals surface area (Å²) in [5.74, 6) is 0. The van der Waals surface area contributed by atoms with E-state index in [0.717, 1.165) is 5.52 Å². The molecule has 0 fully saturated rings. The van der Waals surface area contributed by atoms with Gasteiger partial charge in [0.2, 0.25) is 0 Å². The zero-order chi connectivity index (χ0) is 8.39. The Morgan fingerprint density at radius 2 is 2.33 bits per heavy atom. The lowest BCUT2D eigenvalue weighted by molar-refractivity contribution is 0.182. The molecule has 4 nitrogen and oxygen atoms in total. The second-order valence-corrected chi connectivity index (χ2v) is 2.49. The number of hydrogen-bond donors (Lipinski definition) is 0. The maximum absolute atomic E-state index is 10.4. The molecule has 0 saturated heterocycles. The molecule has 0 spiro atoms. The molecule has 4 heteroatoms. The number of pyridine rings is 1. The first-order valence-electron chi connectivity index (χ1n) is 3.76. The summed E-state index contributed by atoms with van der Waals surface area (Å²) in [6.45, 7) is 0.336. The molecule has 61 valence electrons. The number of aromatic nitrogens is 3. The smallest absolute Gasteiger partial charge is 0.177 e. The fourth-order valence-electron chi connectivity index (χ4n) is 1.18. The first kappa shape index (κ1) is 7.24. The van der Waals surface area contributed by atoms with Gasteiger partial charge in [0, 0.05) is 6.20 Å². The van der Waals surface area contributed by atoms with Gasteiger partial charge in [0.25, 0.3) is 0 Å². The average molecular weight is 162 g/mol. The topological polar surface area (TPSA) is 50.6 Å². The van der Waals surface area contributed by atoms with Crippen molar-refractivity contribution in [3.63, 3.8) is 0 Å². The molecule has 12 heavy (non-hydrogen) atoms. The van der Waals surface area contributed by atoms with E-state index in [1.54, 1.807) is 12.5 Å². The fraction of sp³-hybridized carbons (Fsp3) is 0.250. The van der Waals surface area contributed by atoms with Crippen molar-refractivity contribution in [1.29, 1.82) is 0 Å². The van der Waals surface area contributed by atoms with E-state index in [1.165, 1.54) is 0 Å². The Bertz CT molecular complexity index is 382. The minimum atomic E-state index is -0.125. The Labute approximate surface area is 69.5 Å². The van der Waals surface area contributed by atoms with E-state index in [2.05, 4.69) is 9.97 Å². The predicted octanol–water partition coefficient (Wildman–Crippen LogP) is 0.862. The Hall–Kier alpha value is -1.42. The quantitative estimate of drug-likeness (QED) is 0.657. The lowest BCUT2D eigenvalue weighted by atomic mass is 10.4. The molecule has 0 amide bonds. The monoisotopic (exact) mass is 162 g/mol. The number of nitrogens with zero attached hydrogens (tertiary/aromatic N) is 3. The molecule has 0 atom stereocenters. The summed E-state index contributed by atoms with van der Waals surface area (Å²) in [5, 5.41) is 10.4. The fourth-order valence-corrected chi connectivity index (χ4v) is 1.18. The Balaban J connectivity index is 2.55. The average Bonchev–Trinajstić information content (AvgIpc) is 2.50. The van der Waals surface area contributed by atoms with Crippen molar-refractivity contribution in [3.05, 3.63) is 24.7 Å². The van der Waals surface area contributed by atoms with E-state index in [-0.39, 0.29) is 6.61 Å². The largest absolute Gasteiger partial charge is 0.327 e. The normalized spacial score (nSPS) is 10.8. The van der Waals surface area contributed by atoms with Gasteiger partial charge in [-0.1, -0.05) is 0 Å². The molecule has 0 saturated carbocycles. The van der Waals surface area contributed by atoms with E-state index in [0.29, 0.717) is 12.2 Å². The molecule has 0 unspecified atom stereocenters. The summed E-state index contributed by atoms with van der Waals surface area (Å²) in [5.41, 5.74) is 1.62. The number of fused-ring (bicyclic) bond motifs is 1. The molecule has 2 rings (SSSR count). The maximum Gasteiger partial charge on any atom is 0.177 e. The van der Waals surface area contributed by atoms with Crippen molar-refractivity contribution in [2.24, 2.45) is 0 Å². The van der Waals surface area contributed by atoms with E-state index >= 15 is 0 Å². The lowest BCUT2D eigenvalue weighted by Crippen LogP contribution is -1.98. The van der Waals surface area contributed by atoms with Crippen LogP contribution >= 0.6 is 0 Å². The zero-order valence-electron chi connectivity index (χ0n) is 6.47. The van der Waals surface area contributed by atoms with Crippen molar-refractivity contribution < 1.29 is 5.11 Å². The third-order valence-electron chi connectivity index (χ3n) is 1.73. The van der Waals surface area contributed by atoms with Crippen LogP contribution in [0.3, 0.4) is 0 Å². The molecule has 0 aliphatic carbocycles. The van der Waals surface area contributed by atoms with Crippen molar-refractivity contribution >= 4 is 11.2 Å². The predicted molar refractivity (Wildman–Crippen MR) is 43.1 cm³/mol. The first-order chi connectivity index (χ1) is 5.92. The number of hydrogen-bond acceptors (Lipinski definition) is 2. The molecule has 2 heterocycles. The van der Waals surface area contributed by atoms with Crippen LogP contribution in [0.1, 0.15) is 0 Å². The highest BCUT2D eigenvalue weighted by molar-refractivity contribution is 5.70. The molecule has 2 aromatic rings. The van der Waals surface area contributed by atoms with Gasteiger partial charge in [-0.3, -0.25) is 0 Å². The van der Waals surface area contributed by atoms with E-state index < -0.39 is 0 Å². The van der Waals surface area contributed by atoms with Crippen LogP contribution in [0.15, 0.2) is 24.7 Å². The Morgan fingerprint density at radius 1 is 1.42 bits per heavy atom. The summed E-state index contributed by atoms with van der Waals surface area (Å²) >= 11 is 0. The van der Waals surface area contributed by atoms with E-state index in [4.69, 9.17) is 0 Å². The summed E-state index contributed by atoms with van der Waals surface area (Å²) < 4.78 is 1.81. The highest BCUT2D eigenvalue weighted by atomic mass is 16.3.